The molecule has 0 aliphatic heterocycles. The lowest BCUT2D eigenvalue weighted by Crippen LogP contribution is -2.47. The molecule has 0 saturated heterocycles. The average Bonchev–Trinajstić information content (AvgIpc) is 3.00. The molecule has 0 heterocycles. The molecule has 5 unspecified atom stereocenters. The largest absolute Gasteiger partial charge is 0.314 e. The quantitative estimate of drug-likeness (QED) is 0.786. The Morgan fingerprint density at radius 3 is 2.50 bits per heavy atom. The third-order valence-electron chi connectivity index (χ3n) is 6.47. The van der Waals surface area contributed by atoms with Gasteiger partial charge in [0.05, 0.1) is 0 Å². The van der Waals surface area contributed by atoms with Gasteiger partial charge in [-0.25, -0.2) is 0 Å². The van der Waals surface area contributed by atoms with E-state index in [0.29, 0.717) is 5.41 Å². The molecule has 104 valence electrons. The highest BCUT2D eigenvalue weighted by Gasteiger charge is 2.48. The minimum Gasteiger partial charge on any atom is -0.314 e. The SMILES string of the molecule is CCNC(C1CC2CCC1C2)C1CCCC1(C)C. The van der Waals surface area contributed by atoms with Gasteiger partial charge in [0, 0.05) is 6.04 Å². The molecule has 1 N–H and O–H groups in total. The summed E-state index contributed by atoms with van der Waals surface area (Å²) in [6.45, 7) is 8.48. The first-order valence-electron chi connectivity index (χ1n) is 8.35. The Morgan fingerprint density at radius 2 is 2.00 bits per heavy atom. The molecule has 0 amide bonds. The van der Waals surface area contributed by atoms with Crippen LogP contribution in [0.3, 0.4) is 0 Å². The highest BCUT2D eigenvalue weighted by atomic mass is 14.9. The van der Waals surface area contributed by atoms with E-state index >= 15 is 0 Å². The number of rotatable bonds is 4. The van der Waals surface area contributed by atoms with Gasteiger partial charge in [-0.1, -0.05) is 33.6 Å². The van der Waals surface area contributed by atoms with Crippen molar-refractivity contribution < 1.29 is 0 Å². The van der Waals surface area contributed by atoms with Crippen LogP contribution in [-0.2, 0) is 0 Å². The summed E-state index contributed by atoms with van der Waals surface area (Å²) in [5, 5.41) is 3.91. The topological polar surface area (TPSA) is 12.0 Å². The molecule has 1 nitrogen and oxygen atoms in total. The average molecular weight is 249 g/mol. The van der Waals surface area contributed by atoms with Gasteiger partial charge in [0.15, 0.2) is 0 Å². The summed E-state index contributed by atoms with van der Waals surface area (Å²) in [6, 6.07) is 0.822. The van der Waals surface area contributed by atoms with Crippen molar-refractivity contribution in [1.29, 1.82) is 0 Å². The second-order valence-electron chi connectivity index (χ2n) is 7.91. The van der Waals surface area contributed by atoms with Crippen LogP contribution in [0.25, 0.3) is 0 Å². The third kappa shape index (κ3) is 2.13. The summed E-state index contributed by atoms with van der Waals surface area (Å²) in [6.07, 6.45) is 10.5. The predicted molar refractivity (Wildman–Crippen MR) is 77.5 cm³/mol. The summed E-state index contributed by atoms with van der Waals surface area (Å²) >= 11 is 0. The number of fused-ring (bicyclic) bond motifs is 2. The first kappa shape index (κ1) is 13.0. The maximum absolute atomic E-state index is 3.91. The molecule has 3 fully saturated rings. The fourth-order valence-electron chi connectivity index (χ4n) is 5.58. The van der Waals surface area contributed by atoms with Gasteiger partial charge in [-0.3, -0.25) is 0 Å². The molecule has 3 saturated carbocycles. The standard InChI is InChI=1S/C17H31N/c1-4-18-16(15-6-5-9-17(15,2)3)14-11-12-7-8-13(14)10-12/h12-16,18H,4-11H2,1-3H3. The van der Waals surface area contributed by atoms with Crippen LogP contribution in [0.5, 0.6) is 0 Å². The van der Waals surface area contributed by atoms with Gasteiger partial charge in [0.25, 0.3) is 0 Å². The molecular formula is C17H31N. The van der Waals surface area contributed by atoms with E-state index in [-0.39, 0.29) is 0 Å². The second kappa shape index (κ2) is 4.81. The van der Waals surface area contributed by atoms with E-state index in [4.69, 9.17) is 0 Å². The van der Waals surface area contributed by atoms with Crippen LogP contribution in [0, 0.1) is 29.1 Å². The number of hydrogen-bond acceptors (Lipinski definition) is 1. The fourth-order valence-corrected chi connectivity index (χ4v) is 5.58. The monoisotopic (exact) mass is 249 g/mol. The molecule has 0 radical (unpaired) electrons. The van der Waals surface area contributed by atoms with Crippen molar-refractivity contribution in [1.82, 2.24) is 5.32 Å². The molecule has 3 aliphatic carbocycles. The molecule has 0 aromatic rings. The van der Waals surface area contributed by atoms with Crippen molar-refractivity contribution in [2.75, 3.05) is 6.54 Å². The van der Waals surface area contributed by atoms with E-state index in [0.717, 1.165) is 36.3 Å². The Labute approximate surface area is 113 Å². The summed E-state index contributed by atoms with van der Waals surface area (Å²) in [5.74, 6) is 4.09. The minimum atomic E-state index is 0.578. The van der Waals surface area contributed by atoms with Crippen LogP contribution in [-0.4, -0.2) is 12.6 Å². The van der Waals surface area contributed by atoms with Gasteiger partial charge in [-0.2, -0.15) is 0 Å². The van der Waals surface area contributed by atoms with Crippen LogP contribution in [0.15, 0.2) is 0 Å². The van der Waals surface area contributed by atoms with Gasteiger partial charge < -0.3 is 5.32 Å². The van der Waals surface area contributed by atoms with Crippen LogP contribution in [0.4, 0.5) is 0 Å². The zero-order valence-corrected chi connectivity index (χ0v) is 12.5. The molecule has 5 atom stereocenters. The maximum atomic E-state index is 3.91. The first-order valence-corrected chi connectivity index (χ1v) is 8.35. The van der Waals surface area contributed by atoms with Crippen molar-refractivity contribution >= 4 is 0 Å². The minimum absolute atomic E-state index is 0.578. The Morgan fingerprint density at radius 1 is 1.17 bits per heavy atom. The van der Waals surface area contributed by atoms with E-state index in [1.807, 2.05) is 0 Å². The number of nitrogens with one attached hydrogen (secondary N) is 1. The lowest BCUT2D eigenvalue weighted by atomic mass is 9.70. The summed E-state index contributed by atoms with van der Waals surface area (Å²) in [4.78, 5) is 0. The predicted octanol–water partition coefficient (Wildman–Crippen LogP) is 4.23. The molecule has 0 aromatic heterocycles. The summed E-state index contributed by atoms with van der Waals surface area (Å²) in [7, 11) is 0. The van der Waals surface area contributed by atoms with E-state index in [1.165, 1.54) is 38.5 Å². The van der Waals surface area contributed by atoms with Gasteiger partial charge in [0.1, 0.15) is 0 Å². The maximum Gasteiger partial charge on any atom is 0.0131 e. The Balaban J connectivity index is 1.76. The van der Waals surface area contributed by atoms with Crippen LogP contribution in [0.1, 0.15) is 65.7 Å². The molecule has 3 rings (SSSR count). The van der Waals surface area contributed by atoms with E-state index in [2.05, 4.69) is 26.1 Å². The third-order valence-corrected chi connectivity index (χ3v) is 6.47. The smallest absolute Gasteiger partial charge is 0.0131 e. The molecule has 18 heavy (non-hydrogen) atoms. The molecule has 1 heteroatoms. The Hall–Kier alpha value is -0.0400. The highest BCUT2D eigenvalue weighted by Crippen LogP contribution is 2.54. The summed E-state index contributed by atoms with van der Waals surface area (Å²) in [5.41, 5.74) is 0.578. The van der Waals surface area contributed by atoms with E-state index < -0.39 is 0 Å². The lowest BCUT2D eigenvalue weighted by molar-refractivity contribution is 0.123. The zero-order chi connectivity index (χ0) is 12.8. The normalized spacial score (nSPS) is 43.5. The van der Waals surface area contributed by atoms with Gasteiger partial charge >= 0.3 is 0 Å². The van der Waals surface area contributed by atoms with Crippen molar-refractivity contribution in [3.63, 3.8) is 0 Å². The van der Waals surface area contributed by atoms with Crippen molar-refractivity contribution in [2.45, 2.75) is 71.8 Å². The first-order chi connectivity index (χ1) is 8.62. The van der Waals surface area contributed by atoms with Crippen LogP contribution < -0.4 is 5.32 Å². The van der Waals surface area contributed by atoms with Gasteiger partial charge in [0.2, 0.25) is 0 Å². The van der Waals surface area contributed by atoms with Crippen LogP contribution >= 0.6 is 0 Å². The van der Waals surface area contributed by atoms with E-state index in [9.17, 15) is 0 Å². The Bertz CT molecular complexity index is 296. The molecular weight excluding hydrogens is 218 g/mol. The second-order valence-corrected chi connectivity index (χ2v) is 7.91. The molecule has 0 aromatic carbocycles. The number of hydrogen-bond donors (Lipinski definition) is 1. The van der Waals surface area contributed by atoms with Gasteiger partial charge in [-0.15, -0.1) is 0 Å². The van der Waals surface area contributed by atoms with Crippen LogP contribution in [0.2, 0.25) is 0 Å². The highest BCUT2D eigenvalue weighted by molar-refractivity contribution is 5.01. The zero-order valence-electron chi connectivity index (χ0n) is 12.5. The van der Waals surface area contributed by atoms with Crippen molar-refractivity contribution in [2.24, 2.45) is 29.1 Å². The molecule has 3 aliphatic rings. The fraction of sp³-hybridized carbons (Fsp3) is 1.00. The molecule has 2 bridgehead atoms. The van der Waals surface area contributed by atoms with Crippen molar-refractivity contribution in [3.8, 4) is 0 Å². The molecule has 0 spiro atoms. The van der Waals surface area contributed by atoms with Crippen molar-refractivity contribution in [3.05, 3.63) is 0 Å². The van der Waals surface area contributed by atoms with Gasteiger partial charge in [-0.05, 0) is 67.7 Å². The Kier molecular flexibility index (Phi) is 3.47. The van der Waals surface area contributed by atoms with E-state index in [1.54, 1.807) is 6.42 Å². The summed E-state index contributed by atoms with van der Waals surface area (Å²) < 4.78 is 0. The lowest BCUT2D eigenvalue weighted by Gasteiger charge is -2.41.